The molecule has 5 nitrogen and oxygen atoms in total. The molecular formula is C15H15NO4S2. The van der Waals surface area contributed by atoms with Crippen molar-refractivity contribution in [2.45, 2.75) is 19.8 Å². The minimum Gasteiger partial charge on any atom is -0.507 e. The summed E-state index contributed by atoms with van der Waals surface area (Å²) in [6.07, 6.45) is 1.96. The molecule has 0 atom stereocenters. The Kier molecular flexibility index (Phi) is 5.20. The molecule has 0 radical (unpaired) electrons. The third-order valence-electron chi connectivity index (χ3n) is 3.12. The number of phenols is 1. The molecule has 1 aromatic rings. The average molecular weight is 337 g/mol. The Hall–Kier alpha value is -1.86. The van der Waals surface area contributed by atoms with E-state index < -0.39 is 5.97 Å². The number of phenolic OH excluding ortho intramolecular Hbond substituents is 1. The number of carboxylic acid groups (broad SMARTS) is 1. The molecule has 0 saturated carbocycles. The molecule has 0 unspecified atom stereocenters. The molecule has 0 aromatic heterocycles. The fourth-order valence-electron chi connectivity index (χ4n) is 2.01. The van der Waals surface area contributed by atoms with Gasteiger partial charge in [-0.1, -0.05) is 35.6 Å². The molecule has 1 aromatic carbocycles. The lowest BCUT2D eigenvalue weighted by atomic mass is 10.1. The summed E-state index contributed by atoms with van der Waals surface area (Å²) in [7, 11) is 0. The van der Waals surface area contributed by atoms with Crippen LogP contribution in [-0.2, 0) is 9.59 Å². The normalized spacial score (nSPS) is 16.6. The minimum absolute atomic E-state index is 0.00518. The lowest BCUT2D eigenvalue weighted by Gasteiger charge is -2.13. The Morgan fingerprint density at radius 2 is 2.18 bits per heavy atom. The molecule has 22 heavy (non-hydrogen) atoms. The van der Waals surface area contributed by atoms with Gasteiger partial charge >= 0.3 is 5.97 Å². The van der Waals surface area contributed by atoms with Gasteiger partial charge in [0, 0.05) is 18.5 Å². The third-order valence-corrected chi connectivity index (χ3v) is 4.49. The Morgan fingerprint density at radius 1 is 1.45 bits per heavy atom. The number of aromatic hydroxyl groups is 1. The van der Waals surface area contributed by atoms with Crippen LogP contribution in [-0.4, -0.2) is 37.9 Å². The number of amides is 1. The number of carboxylic acids is 1. The summed E-state index contributed by atoms with van der Waals surface area (Å²) in [5.74, 6) is -1.05. The molecule has 116 valence electrons. The number of nitrogens with zero attached hydrogens (tertiary/aromatic N) is 1. The van der Waals surface area contributed by atoms with Crippen molar-refractivity contribution in [1.82, 2.24) is 4.90 Å². The Morgan fingerprint density at radius 3 is 2.86 bits per heavy atom. The number of thiocarbonyl (C=S) groups is 1. The first kappa shape index (κ1) is 16.5. The van der Waals surface area contributed by atoms with Crippen LogP contribution < -0.4 is 0 Å². The molecule has 0 spiro atoms. The largest absolute Gasteiger partial charge is 0.507 e. The van der Waals surface area contributed by atoms with Gasteiger partial charge < -0.3 is 10.2 Å². The molecule has 1 aliphatic heterocycles. The molecule has 1 heterocycles. The zero-order chi connectivity index (χ0) is 16.3. The highest BCUT2D eigenvalue weighted by Crippen LogP contribution is 2.34. The third kappa shape index (κ3) is 3.86. The van der Waals surface area contributed by atoms with Gasteiger partial charge in [0.2, 0.25) is 0 Å². The van der Waals surface area contributed by atoms with Crippen LogP contribution in [0.3, 0.4) is 0 Å². The SMILES string of the molecule is Cc1ccc(O)c(/C=C2\SC(=S)N(CCCC(=O)O)C2=O)c1. The van der Waals surface area contributed by atoms with Gasteiger partial charge in [0.25, 0.3) is 5.91 Å². The minimum atomic E-state index is -0.898. The highest BCUT2D eigenvalue weighted by Gasteiger charge is 2.31. The first-order valence-electron chi connectivity index (χ1n) is 6.65. The molecule has 0 bridgehead atoms. The van der Waals surface area contributed by atoms with Crippen molar-refractivity contribution >= 4 is 46.3 Å². The van der Waals surface area contributed by atoms with Crippen molar-refractivity contribution in [1.29, 1.82) is 0 Å². The summed E-state index contributed by atoms with van der Waals surface area (Å²) in [5.41, 5.74) is 1.53. The van der Waals surface area contributed by atoms with Crippen LogP contribution in [0.15, 0.2) is 23.1 Å². The lowest BCUT2D eigenvalue weighted by molar-refractivity contribution is -0.137. The first-order chi connectivity index (χ1) is 10.4. The molecule has 2 N–H and O–H groups in total. The number of carbonyl (C=O) groups excluding carboxylic acids is 1. The molecule has 7 heteroatoms. The molecule has 0 aliphatic carbocycles. The van der Waals surface area contributed by atoms with E-state index in [-0.39, 0.29) is 24.6 Å². The van der Waals surface area contributed by atoms with Gasteiger partial charge in [0.05, 0.1) is 4.91 Å². The van der Waals surface area contributed by atoms with E-state index in [1.807, 2.05) is 6.92 Å². The van der Waals surface area contributed by atoms with E-state index >= 15 is 0 Å². The van der Waals surface area contributed by atoms with Gasteiger partial charge in [-0.05, 0) is 31.6 Å². The maximum atomic E-state index is 12.3. The number of hydrogen-bond donors (Lipinski definition) is 2. The van der Waals surface area contributed by atoms with Crippen LogP contribution in [0.2, 0.25) is 0 Å². The smallest absolute Gasteiger partial charge is 0.303 e. The van der Waals surface area contributed by atoms with Crippen molar-refractivity contribution in [3.63, 3.8) is 0 Å². The Labute approximate surface area is 137 Å². The van der Waals surface area contributed by atoms with Gasteiger partial charge in [-0.25, -0.2) is 0 Å². The standard InChI is InChI=1S/C15H15NO4S2/c1-9-4-5-11(17)10(7-9)8-12-14(20)16(15(21)22-12)6-2-3-13(18)19/h4-5,7-8,17H,2-3,6H2,1H3,(H,18,19)/b12-8-. The highest BCUT2D eigenvalue weighted by atomic mass is 32.2. The van der Waals surface area contributed by atoms with Crippen LogP contribution in [0.1, 0.15) is 24.0 Å². The monoisotopic (exact) mass is 337 g/mol. The van der Waals surface area contributed by atoms with E-state index in [0.717, 1.165) is 17.3 Å². The number of carbonyl (C=O) groups is 2. The summed E-state index contributed by atoms with van der Waals surface area (Å²) < 4.78 is 0.411. The maximum absolute atomic E-state index is 12.3. The summed E-state index contributed by atoms with van der Waals surface area (Å²) in [4.78, 5) is 24.7. The van der Waals surface area contributed by atoms with E-state index in [1.54, 1.807) is 24.3 Å². The lowest BCUT2D eigenvalue weighted by Crippen LogP contribution is -2.29. The van der Waals surface area contributed by atoms with Gasteiger partial charge in [-0.2, -0.15) is 0 Å². The summed E-state index contributed by atoms with van der Waals surface area (Å²) in [5, 5.41) is 18.5. The number of hydrogen-bond acceptors (Lipinski definition) is 5. The summed E-state index contributed by atoms with van der Waals surface area (Å²) >= 11 is 6.33. The van der Waals surface area contributed by atoms with Crippen molar-refractivity contribution in [3.05, 3.63) is 34.2 Å². The molecule has 1 fully saturated rings. The van der Waals surface area contributed by atoms with Crippen molar-refractivity contribution in [2.75, 3.05) is 6.54 Å². The van der Waals surface area contributed by atoms with Crippen LogP contribution in [0.5, 0.6) is 5.75 Å². The number of aliphatic carboxylic acids is 1. The maximum Gasteiger partial charge on any atom is 0.303 e. The Balaban J connectivity index is 2.15. The number of benzene rings is 1. The first-order valence-corrected chi connectivity index (χ1v) is 7.87. The van der Waals surface area contributed by atoms with Crippen LogP contribution in [0.4, 0.5) is 0 Å². The van der Waals surface area contributed by atoms with Gasteiger partial charge in [-0.15, -0.1) is 0 Å². The van der Waals surface area contributed by atoms with Crippen molar-refractivity contribution < 1.29 is 19.8 Å². The zero-order valence-corrected chi connectivity index (χ0v) is 13.5. The topological polar surface area (TPSA) is 77.8 Å². The van der Waals surface area contributed by atoms with E-state index in [2.05, 4.69) is 0 Å². The van der Waals surface area contributed by atoms with E-state index in [9.17, 15) is 14.7 Å². The summed E-state index contributed by atoms with van der Waals surface area (Å²) in [6.45, 7) is 2.18. The molecule has 2 rings (SSSR count). The molecule has 1 saturated heterocycles. The van der Waals surface area contributed by atoms with Gasteiger partial charge in [0.1, 0.15) is 10.1 Å². The second-order valence-electron chi connectivity index (χ2n) is 4.89. The number of rotatable bonds is 5. The van der Waals surface area contributed by atoms with E-state index in [0.29, 0.717) is 21.2 Å². The number of thioether (sulfide) groups is 1. The van der Waals surface area contributed by atoms with Crippen LogP contribution in [0.25, 0.3) is 6.08 Å². The quantitative estimate of drug-likeness (QED) is 0.635. The molecule has 1 amide bonds. The van der Waals surface area contributed by atoms with Crippen molar-refractivity contribution in [3.8, 4) is 5.75 Å². The van der Waals surface area contributed by atoms with Gasteiger partial charge in [0.15, 0.2) is 0 Å². The predicted molar refractivity (Wildman–Crippen MR) is 89.6 cm³/mol. The zero-order valence-electron chi connectivity index (χ0n) is 11.9. The number of aryl methyl sites for hydroxylation is 1. The van der Waals surface area contributed by atoms with Crippen LogP contribution >= 0.6 is 24.0 Å². The Bertz CT molecular complexity index is 670. The van der Waals surface area contributed by atoms with Crippen molar-refractivity contribution in [2.24, 2.45) is 0 Å². The van der Waals surface area contributed by atoms with Crippen LogP contribution in [0, 0.1) is 6.92 Å². The summed E-state index contributed by atoms with van der Waals surface area (Å²) in [6, 6.07) is 5.14. The second-order valence-corrected chi connectivity index (χ2v) is 6.57. The van der Waals surface area contributed by atoms with E-state index in [1.165, 1.54) is 4.90 Å². The average Bonchev–Trinajstić information content (AvgIpc) is 2.70. The predicted octanol–water partition coefficient (Wildman–Crippen LogP) is 2.77. The molecule has 1 aliphatic rings. The fraction of sp³-hybridized carbons (Fsp3) is 0.267. The molecular weight excluding hydrogens is 322 g/mol. The van der Waals surface area contributed by atoms with Gasteiger partial charge in [-0.3, -0.25) is 14.5 Å². The fourth-order valence-corrected chi connectivity index (χ4v) is 3.31. The highest BCUT2D eigenvalue weighted by molar-refractivity contribution is 8.26. The second kappa shape index (κ2) is 6.93. The van der Waals surface area contributed by atoms with E-state index in [4.69, 9.17) is 17.3 Å².